The molecule has 0 radical (unpaired) electrons. The molecule has 1 heterocycles. The molecule has 0 saturated carbocycles. The van der Waals surface area contributed by atoms with E-state index < -0.39 is 0 Å². The maximum absolute atomic E-state index is 4.56. The van der Waals surface area contributed by atoms with Crippen LogP contribution in [0.4, 0.5) is 17.5 Å². The van der Waals surface area contributed by atoms with Crippen LogP contribution in [0.2, 0.25) is 0 Å². The summed E-state index contributed by atoms with van der Waals surface area (Å²) in [5.41, 5.74) is 4.39. The fourth-order valence-electron chi connectivity index (χ4n) is 2.25. The largest absolute Gasteiger partial charge is 0.369 e. The van der Waals surface area contributed by atoms with Gasteiger partial charge in [0, 0.05) is 30.5 Å². The third-order valence-electron chi connectivity index (χ3n) is 3.44. The van der Waals surface area contributed by atoms with Crippen molar-refractivity contribution < 1.29 is 0 Å². The fourth-order valence-corrected chi connectivity index (χ4v) is 2.25. The summed E-state index contributed by atoms with van der Waals surface area (Å²) in [4.78, 5) is 11.2. The van der Waals surface area contributed by atoms with Gasteiger partial charge in [0.1, 0.15) is 5.82 Å². The first-order valence-electron chi connectivity index (χ1n) is 7.53. The van der Waals surface area contributed by atoms with Gasteiger partial charge >= 0.3 is 0 Å². The van der Waals surface area contributed by atoms with Gasteiger partial charge in [0.05, 0.1) is 0 Å². The predicted octanol–water partition coefficient (Wildman–Crippen LogP) is 3.12. The molecule has 5 nitrogen and oxygen atoms in total. The number of nitrogens with zero attached hydrogens (tertiary/aromatic N) is 3. The molecule has 1 aromatic carbocycles. The molecule has 2 rings (SSSR count). The molecule has 118 valence electrons. The van der Waals surface area contributed by atoms with E-state index in [-0.39, 0.29) is 0 Å². The highest BCUT2D eigenvalue weighted by atomic mass is 15.2. The molecule has 0 spiro atoms. The number of aryl methyl sites for hydroxylation is 3. The maximum Gasteiger partial charge on any atom is 0.229 e. The van der Waals surface area contributed by atoms with Crippen LogP contribution in [0.1, 0.15) is 16.8 Å². The highest BCUT2D eigenvalue weighted by Crippen LogP contribution is 2.23. The molecule has 0 fully saturated rings. The van der Waals surface area contributed by atoms with Crippen molar-refractivity contribution in [2.45, 2.75) is 20.8 Å². The lowest BCUT2D eigenvalue weighted by molar-refractivity contribution is 0.425. The summed E-state index contributed by atoms with van der Waals surface area (Å²) >= 11 is 0. The van der Waals surface area contributed by atoms with Crippen molar-refractivity contribution in [2.24, 2.45) is 0 Å². The van der Waals surface area contributed by atoms with E-state index in [1.807, 2.05) is 13.0 Å². The topological polar surface area (TPSA) is 53.1 Å². The Balaban J connectivity index is 2.16. The summed E-state index contributed by atoms with van der Waals surface area (Å²) in [6.45, 7) is 7.96. The normalized spacial score (nSPS) is 10.8. The Kier molecular flexibility index (Phi) is 5.33. The quantitative estimate of drug-likeness (QED) is 0.858. The van der Waals surface area contributed by atoms with Crippen LogP contribution < -0.4 is 10.6 Å². The monoisotopic (exact) mass is 299 g/mol. The second-order valence-corrected chi connectivity index (χ2v) is 5.84. The van der Waals surface area contributed by atoms with Crippen molar-refractivity contribution in [2.75, 3.05) is 37.8 Å². The molecule has 22 heavy (non-hydrogen) atoms. The first-order chi connectivity index (χ1) is 10.5. The van der Waals surface area contributed by atoms with E-state index in [4.69, 9.17) is 0 Å². The molecule has 0 aliphatic carbocycles. The first kappa shape index (κ1) is 16.2. The van der Waals surface area contributed by atoms with Gasteiger partial charge in [-0.05, 0) is 46.0 Å². The van der Waals surface area contributed by atoms with E-state index in [9.17, 15) is 0 Å². The Bertz CT molecular complexity index is 617. The van der Waals surface area contributed by atoms with Gasteiger partial charge in [-0.15, -0.1) is 0 Å². The number of anilines is 3. The summed E-state index contributed by atoms with van der Waals surface area (Å²) in [6, 6.07) is 8.19. The Morgan fingerprint density at radius 3 is 2.36 bits per heavy atom. The average molecular weight is 299 g/mol. The average Bonchev–Trinajstić information content (AvgIpc) is 2.42. The van der Waals surface area contributed by atoms with Crippen LogP contribution >= 0.6 is 0 Å². The van der Waals surface area contributed by atoms with Crippen LogP contribution in [0.25, 0.3) is 0 Å². The lowest BCUT2D eigenvalue weighted by Crippen LogP contribution is -2.21. The smallest absolute Gasteiger partial charge is 0.229 e. The molecule has 2 aromatic rings. The Morgan fingerprint density at radius 2 is 1.73 bits per heavy atom. The van der Waals surface area contributed by atoms with Crippen molar-refractivity contribution >= 4 is 17.5 Å². The zero-order valence-electron chi connectivity index (χ0n) is 14.1. The minimum absolute atomic E-state index is 0.629. The summed E-state index contributed by atoms with van der Waals surface area (Å²) in [5, 5.41) is 6.69. The number of benzene rings is 1. The number of aromatic nitrogens is 2. The fraction of sp³-hybridized carbons (Fsp3) is 0.412. The third kappa shape index (κ3) is 4.43. The number of likely N-dealkylation sites (N-methyl/N-ethyl adjacent to an activating group) is 1. The third-order valence-corrected chi connectivity index (χ3v) is 3.44. The number of hydrogen-bond acceptors (Lipinski definition) is 5. The van der Waals surface area contributed by atoms with Gasteiger partial charge in [-0.25, -0.2) is 4.98 Å². The number of nitrogens with one attached hydrogen (secondary N) is 2. The van der Waals surface area contributed by atoms with Crippen LogP contribution in [0.15, 0.2) is 24.3 Å². The Hall–Kier alpha value is -2.14. The zero-order valence-corrected chi connectivity index (χ0v) is 14.1. The lowest BCUT2D eigenvalue weighted by Gasteiger charge is -2.14. The molecule has 0 unspecified atom stereocenters. The highest BCUT2D eigenvalue weighted by molar-refractivity contribution is 5.63. The van der Waals surface area contributed by atoms with E-state index in [1.54, 1.807) is 0 Å². The summed E-state index contributed by atoms with van der Waals surface area (Å²) in [7, 11) is 4.11. The molecule has 0 atom stereocenters. The molecule has 0 bridgehead atoms. The van der Waals surface area contributed by atoms with Crippen molar-refractivity contribution in [3.05, 3.63) is 41.1 Å². The van der Waals surface area contributed by atoms with Gasteiger partial charge in [-0.1, -0.05) is 18.2 Å². The highest BCUT2D eigenvalue weighted by Gasteiger charge is 2.06. The van der Waals surface area contributed by atoms with E-state index in [0.29, 0.717) is 5.95 Å². The van der Waals surface area contributed by atoms with E-state index in [2.05, 4.69) is 71.6 Å². The van der Waals surface area contributed by atoms with Crippen LogP contribution in [-0.4, -0.2) is 42.1 Å². The van der Waals surface area contributed by atoms with Crippen LogP contribution in [0, 0.1) is 20.8 Å². The maximum atomic E-state index is 4.56. The number of hydrogen-bond donors (Lipinski definition) is 2. The molecular weight excluding hydrogens is 274 g/mol. The Labute approximate surface area is 132 Å². The molecule has 0 aliphatic rings. The van der Waals surface area contributed by atoms with Gasteiger partial charge in [-0.2, -0.15) is 4.98 Å². The van der Waals surface area contributed by atoms with Crippen LogP contribution in [0.5, 0.6) is 0 Å². The molecule has 0 amide bonds. The SMILES string of the molecule is Cc1cc(NCCN(C)C)nc(Nc2c(C)cccc2C)n1. The molecule has 5 heteroatoms. The van der Waals surface area contributed by atoms with Gasteiger partial charge < -0.3 is 15.5 Å². The van der Waals surface area contributed by atoms with Crippen molar-refractivity contribution in [3.63, 3.8) is 0 Å². The van der Waals surface area contributed by atoms with E-state index >= 15 is 0 Å². The van der Waals surface area contributed by atoms with Crippen LogP contribution in [-0.2, 0) is 0 Å². The van der Waals surface area contributed by atoms with E-state index in [1.165, 1.54) is 11.1 Å². The van der Waals surface area contributed by atoms with Crippen LogP contribution in [0.3, 0.4) is 0 Å². The van der Waals surface area contributed by atoms with Gasteiger partial charge in [0.2, 0.25) is 5.95 Å². The van der Waals surface area contributed by atoms with E-state index in [0.717, 1.165) is 30.3 Å². The molecule has 0 aliphatic heterocycles. The summed E-state index contributed by atoms with van der Waals surface area (Å²) in [6.07, 6.45) is 0. The second kappa shape index (κ2) is 7.22. The minimum atomic E-state index is 0.629. The van der Waals surface area contributed by atoms with Crippen molar-refractivity contribution in [1.82, 2.24) is 14.9 Å². The summed E-state index contributed by atoms with van der Waals surface area (Å²) in [5.74, 6) is 1.48. The predicted molar refractivity (Wildman–Crippen MR) is 93.0 cm³/mol. The number of rotatable bonds is 6. The first-order valence-corrected chi connectivity index (χ1v) is 7.53. The molecule has 2 N–H and O–H groups in total. The Morgan fingerprint density at radius 1 is 1.05 bits per heavy atom. The minimum Gasteiger partial charge on any atom is -0.369 e. The van der Waals surface area contributed by atoms with Gasteiger partial charge in [0.25, 0.3) is 0 Å². The summed E-state index contributed by atoms with van der Waals surface area (Å²) < 4.78 is 0. The second-order valence-electron chi connectivity index (χ2n) is 5.84. The lowest BCUT2D eigenvalue weighted by atomic mass is 10.1. The van der Waals surface area contributed by atoms with Gasteiger partial charge in [-0.3, -0.25) is 0 Å². The zero-order chi connectivity index (χ0) is 16.1. The molecular formula is C17H25N5. The van der Waals surface area contributed by atoms with Crippen molar-refractivity contribution in [1.29, 1.82) is 0 Å². The van der Waals surface area contributed by atoms with Crippen molar-refractivity contribution in [3.8, 4) is 0 Å². The molecule has 1 aromatic heterocycles. The molecule has 0 saturated heterocycles. The number of para-hydroxylation sites is 1. The standard InChI is InChI=1S/C17H25N5/c1-12-7-6-8-13(2)16(12)21-17-19-14(3)11-15(20-17)18-9-10-22(4)5/h6-8,11H,9-10H2,1-5H3,(H2,18,19,20,21). The van der Waals surface area contributed by atoms with Gasteiger partial charge in [0.15, 0.2) is 0 Å².